The van der Waals surface area contributed by atoms with Crippen molar-refractivity contribution in [3.05, 3.63) is 71.4 Å². The van der Waals surface area contributed by atoms with Crippen molar-refractivity contribution < 1.29 is 18.3 Å². The standard InChI is InChI=1S/C23H23F2N3O2S/c1-16-19(8-10-22(29)27-11-13-31-14-12-27)23(28(26-16)18-5-3-2-4-6-18)30-21-9-7-17(24)15-20(21)25/h2-7,9,15H,8,10-14H2,1H3. The van der Waals surface area contributed by atoms with Gasteiger partial charge in [-0.25, -0.2) is 13.5 Å². The molecule has 0 aliphatic carbocycles. The fourth-order valence-corrected chi connectivity index (χ4v) is 4.44. The molecule has 0 unspecified atom stereocenters. The Kier molecular flexibility index (Phi) is 6.56. The van der Waals surface area contributed by atoms with Gasteiger partial charge in [0.05, 0.1) is 11.4 Å². The molecule has 2 aromatic carbocycles. The third-order valence-corrected chi connectivity index (χ3v) is 6.13. The molecule has 0 saturated carbocycles. The van der Waals surface area contributed by atoms with E-state index in [9.17, 15) is 13.6 Å². The average molecular weight is 444 g/mol. The highest BCUT2D eigenvalue weighted by atomic mass is 32.2. The predicted molar refractivity (Wildman–Crippen MR) is 117 cm³/mol. The fraction of sp³-hybridized carbons (Fsp3) is 0.304. The summed E-state index contributed by atoms with van der Waals surface area (Å²) >= 11 is 1.85. The van der Waals surface area contributed by atoms with Crippen LogP contribution in [0.15, 0.2) is 48.5 Å². The Labute approximate surface area is 184 Å². The Balaban J connectivity index is 1.65. The van der Waals surface area contributed by atoms with E-state index in [1.165, 1.54) is 6.07 Å². The van der Waals surface area contributed by atoms with E-state index < -0.39 is 11.6 Å². The first-order chi connectivity index (χ1) is 15.0. The van der Waals surface area contributed by atoms with Crippen molar-refractivity contribution in [3.8, 4) is 17.3 Å². The van der Waals surface area contributed by atoms with E-state index in [0.29, 0.717) is 24.4 Å². The zero-order chi connectivity index (χ0) is 21.8. The molecule has 0 spiro atoms. The number of thioether (sulfide) groups is 1. The molecule has 0 radical (unpaired) electrons. The highest BCUT2D eigenvalue weighted by molar-refractivity contribution is 7.99. The molecular formula is C23H23F2N3O2S. The van der Waals surface area contributed by atoms with Crippen molar-refractivity contribution in [2.45, 2.75) is 19.8 Å². The van der Waals surface area contributed by atoms with Crippen LogP contribution in [-0.4, -0.2) is 45.2 Å². The molecule has 0 bridgehead atoms. The average Bonchev–Trinajstić information content (AvgIpc) is 3.10. The van der Waals surface area contributed by atoms with Crippen molar-refractivity contribution in [3.63, 3.8) is 0 Å². The zero-order valence-corrected chi connectivity index (χ0v) is 18.0. The summed E-state index contributed by atoms with van der Waals surface area (Å²) in [5.74, 6) is 0.750. The van der Waals surface area contributed by atoms with Gasteiger partial charge in [-0.2, -0.15) is 16.9 Å². The molecule has 1 aromatic heterocycles. The Hall–Kier alpha value is -2.87. The van der Waals surface area contributed by atoms with Crippen LogP contribution >= 0.6 is 11.8 Å². The van der Waals surface area contributed by atoms with Gasteiger partial charge in [0.2, 0.25) is 11.8 Å². The molecule has 162 valence electrons. The van der Waals surface area contributed by atoms with Gasteiger partial charge in [-0.1, -0.05) is 18.2 Å². The van der Waals surface area contributed by atoms with Crippen LogP contribution in [0.3, 0.4) is 0 Å². The van der Waals surface area contributed by atoms with Gasteiger partial charge >= 0.3 is 0 Å². The minimum Gasteiger partial charge on any atom is -0.436 e. The molecule has 5 nitrogen and oxygen atoms in total. The molecular weight excluding hydrogens is 420 g/mol. The van der Waals surface area contributed by atoms with Crippen molar-refractivity contribution in [1.29, 1.82) is 0 Å². The van der Waals surface area contributed by atoms with E-state index >= 15 is 0 Å². The van der Waals surface area contributed by atoms with Gasteiger partial charge in [0.15, 0.2) is 11.6 Å². The lowest BCUT2D eigenvalue weighted by Crippen LogP contribution is -2.38. The number of hydrogen-bond donors (Lipinski definition) is 0. The predicted octanol–water partition coefficient (Wildman–Crippen LogP) is 4.76. The number of nitrogens with zero attached hydrogens (tertiary/aromatic N) is 3. The van der Waals surface area contributed by atoms with Crippen LogP contribution in [0.1, 0.15) is 17.7 Å². The summed E-state index contributed by atoms with van der Waals surface area (Å²) < 4.78 is 35.2. The molecule has 2 heterocycles. The van der Waals surface area contributed by atoms with E-state index in [-0.39, 0.29) is 11.7 Å². The molecule has 3 aromatic rings. The van der Waals surface area contributed by atoms with Gasteiger partial charge in [0, 0.05) is 42.6 Å². The van der Waals surface area contributed by atoms with Crippen LogP contribution in [0.5, 0.6) is 11.6 Å². The summed E-state index contributed by atoms with van der Waals surface area (Å²) in [5.41, 5.74) is 2.17. The maximum absolute atomic E-state index is 14.3. The van der Waals surface area contributed by atoms with Gasteiger partial charge in [0.25, 0.3) is 0 Å². The van der Waals surface area contributed by atoms with Crippen LogP contribution in [-0.2, 0) is 11.2 Å². The summed E-state index contributed by atoms with van der Waals surface area (Å²) in [6.07, 6.45) is 0.730. The van der Waals surface area contributed by atoms with E-state index in [4.69, 9.17) is 4.74 Å². The van der Waals surface area contributed by atoms with Crippen molar-refractivity contribution in [2.75, 3.05) is 24.6 Å². The molecule has 1 fully saturated rings. The maximum atomic E-state index is 14.3. The second-order valence-electron chi connectivity index (χ2n) is 7.29. The number of rotatable bonds is 6. The van der Waals surface area contributed by atoms with Crippen LogP contribution in [0, 0.1) is 18.6 Å². The Morgan fingerprint density at radius 2 is 1.87 bits per heavy atom. The molecule has 4 rings (SSSR count). The lowest BCUT2D eigenvalue weighted by molar-refractivity contribution is -0.130. The smallest absolute Gasteiger partial charge is 0.226 e. The zero-order valence-electron chi connectivity index (χ0n) is 17.2. The number of ether oxygens (including phenoxy) is 1. The van der Waals surface area contributed by atoms with Gasteiger partial charge < -0.3 is 9.64 Å². The molecule has 0 atom stereocenters. The molecule has 1 saturated heterocycles. The van der Waals surface area contributed by atoms with Gasteiger partial charge in [-0.05, 0) is 37.6 Å². The topological polar surface area (TPSA) is 47.4 Å². The van der Waals surface area contributed by atoms with Gasteiger partial charge in [-0.15, -0.1) is 0 Å². The second-order valence-corrected chi connectivity index (χ2v) is 8.51. The molecule has 0 N–H and O–H groups in total. The Morgan fingerprint density at radius 3 is 2.58 bits per heavy atom. The minimum absolute atomic E-state index is 0.0890. The summed E-state index contributed by atoms with van der Waals surface area (Å²) in [6.45, 7) is 3.36. The van der Waals surface area contributed by atoms with Gasteiger partial charge in [0.1, 0.15) is 5.82 Å². The SMILES string of the molecule is Cc1nn(-c2ccccc2)c(Oc2ccc(F)cc2F)c1CCC(=O)N1CCSCC1. The lowest BCUT2D eigenvalue weighted by atomic mass is 10.1. The number of halogens is 2. The number of para-hydroxylation sites is 1. The lowest BCUT2D eigenvalue weighted by Gasteiger charge is -2.26. The maximum Gasteiger partial charge on any atom is 0.226 e. The summed E-state index contributed by atoms with van der Waals surface area (Å²) in [6, 6.07) is 12.5. The molecule has 8 heteroatoms. The first kappa shape index (κ1) is 21.4. The number of aryl methyl sites for hydroxylation is 1. The number of hydrogen-bond acceptors (Lipinski definition) is 4. The first-order valence-corrected chi connectivity index (χ1v) is 11.3. The quantitative estimate of drug-likeness (QED) is 0.551. The summed E-state index contributed by atoms with van der Waals surface area (Å²) in [5, 5.41) is 4.58. The number of aromatic nitrogens is 2. The highest BCUT2D eigenvalue weighted by Gasteiger charge is 2.23. The molecule has 1 aliphatic heterocycles. The number of benzene rings is 2. The summed E-state index contributed by atoms with van der Waals surface area (Å²) in [4.78, 5) is 14.6. The van der Waals surface area contributed by atoms with E-state index in [2.05, 4.69) is 5.10 Å². The van der Waals surface area contributed by atoms with Crippen molar-refractivity contribution in [1.82, 2.24) is 14.7 Å². The van der Waals surface area contributed by atoms with Crippen LogP contribution < -0.4 is 4.74 Å². The monoisotopic (exact) mass is 443 g/mol. The minimum atomic E-state index is -0.800. The number of carbonyl (C=O) groups is 1. The van der Waals surface area contributed by atoms with Crippen LogP contribution in [0.2, 0.25) is 0 Å². The molecule has 31 heavy (non-hydrogen) atoms. The van der Waals surface area contributed by atoms with Crippen LogP contribution in [0.25, 0.3) is 5.69 Å². The van der Waals surface area contributed by atoms with Crippen molar-refractivity contribution >= 4 is 17.7 Å². The Bertz CT molecular complexity index is 1070. The van der Waals surface area contributed by atoms with E-state index in [0.717, 1.165) is 48.0 Å². The second kappa shape index (κ2) is 9.51. The number of carbonyl (C=O) groups excluding carboxylic acids is 1. The normalized spacial score (nSPS) is 14.0. The molecule has 1 aliphatic rings. The van der Waals surface area contributed by atoms with E-state index in [1.807, 2.05) is 53.9 Å². The van der Waals surface area contributed by atoms with Crippen molar-refractivity contribution in [2.24, 2.45) is 0 Å². The molecule has 1 amide bonds. The third-order valence-electron chi connectivity index (χ3n) is 5.19. The largest absolute Gasteiger partial charge is 0.436 e. The van der Waals surface area contributed by atoms with Gasteiger partial charge in [-0.3, -0.25) is 4.79 Å². The highest BCUT2D eigenvalue weighted by Crippen LogP contribution is 2.33. The Morgan fingerprint density at radius 1 is 1.13 bits per heavy atom. The summed E-state index contributed by atoms with van der Waals surface area (Å²) in [7, 11) is 0. The van der Waals surface area contributed by atoms with Crippen LogP contribution in [0.4, 0.5) is 8.78 Å². The number of amides is 1. The fourth-order valence-electron chi connectivity index (χ4n) is 3.54. The third kappa shape index (κ3) is 4.90. The van der Waals surface area contributed by atoms with E-state index in [1.54, 1.807) is 4.68 Å². The first-order valence-electron chi connectivity index (χ1n) is 10.2.